The van der Waals surface area contributed by atoms with Crippen LogP contribution in [0.3, 0.4) is 0 Å². The van der Waals surface area contributed by atoms with Gasteiger partial charge in [0.2, 0.25) is 5.91 Å². The van der Waals surface area contributed by atoms with Crippen LogP contribution >= 0.6 is 0 Å². The maximum absolute atomic E-state index is 13.8. The molecule has 1 unspecified atom stereocenters. The summed E-state index contributed by atoms with van der Waals surface area (Å²) in [6.07, 6.45) is 5.33. The number of carbonyl (C=O) groups is 2. The highest BCUT2D eigenvalue weighted by atomic mass is 19.1. The van der Waals surface area contributed by atoms with Crippen molar-refractivity contribution in [3.8, 4) is 12.3 Å². The van der Waals surface area contributed by atoms with E-state index in [0.717, 1.165) is 18.2 Å². The van der Waals surface area contributed by atoms with E-state index in [-0.39, 0.29) is 5.92 Å². The first-order valence-electron chi connectivity index (χ1n) is 7.96. The number of carbonyl (C=O) groups excluding carboxylic acids is 2. The summed E-state index contributed by atoms with van der Waals surface area (Å²) in [5.41, 5.74) is 0.323. The van der Waals surface area contributed by atoms with Crippen LogP contribution in [0.25, 0.3) is 0 Å². The molecule has 0 saturated carbocycles. The molecule has 0 radical (unpaired) electrons. The molecule has 0 heterocycles. The fourth-order valence-electron chi connectivity index (χ4n) is 2.37. The molecule has 1 atom stereocenters. The van der Waals surface area contributed by atoms with Crippen molar-refractivity contribution in [3.05, 3.63) is 65.2 Å². The van der Waals surface area contributed by atoms with Crippen molar-refractivity contribution in [2.45, 2.75) is 19.9 Å². The minimum atomic E-state index is -0.994. The molecular weight excluding hydrogens is 338 g/mol. The van der Waals surface area contributed by atoms with Crippen LogP contribution in [0.2, 0.25) is 0 Å². The van der Waals surface area contributed by atoms with Gasteiger partial charge in [0.05, 0.1) is 0 Å². The van der Waals surface area contributed by atoms with Gasteiger partial charge in [0.1, 0.15) is 23.2 Å². The molecule has 0 fully saturated rings. The molecule has 0 aliphatic heterocycles. The van der Waals surface area contributed by atoms with Crippen LogP contribution in [0.15, 0.2) is 42.5 Å². The van der Waals surface area contributed by atoms with E-state index in [4.69, 9.17) is 6.42 Å². The molecule has 2 amide bonds. The third-order valence-corrected chi connectivity index (χ3v) is 3.72. The monoisotopic (exact) mass is 356 g/mol. The molecule has 26 heavy (non-hydrogen) atoms. The Morgan fingerprint density at radius 1 is 1.08 bits per heavy atom. The van der Waals surface area contributed by atoms with Crippen LogP contribution in [0.4, 0.5) is 14.5 Å². The summed E-state index contributed by atoms with van der Waals surface area (Å²) in [6, 6.07) is 8.77. The molecule has 2 rings (SSSR count). The van der Waals surface area contributed by atoms with Gasteiger partial charge in [-0.2, -0.15) is 0 Å². The Labute approximate surface area is 150 Å². The van der Waals surface area contributed by atoms with Crippen molar-refractivity contribution >= 4 is 17.5 Å². The number of benzene rings is 2. The standard InChI is InChI=1S/C20H18F2N2O2/c1-4-13-7-5-8-14(11-13)23-20(26)18(12(2)3)24-19(25)17-15(21)9-6-10-16(17)22/h1,5-12,18H,2-3H3,(H,23,26)(H,24,25). The van der Waals surface area contributed by atoms with Gasteiger partial charge in [0.25, 0.3) is 5.91 Å². The van der Waals surface area contributed by atoms with E-state index in [1.165, 1.54) is 0 Å². The summed E-state index contributed by atoms with van der Waals surface area (Å²) >= 11 is 0. The van der Waals surface area contributed by atoms with E-state index < -0.39 is 35.1 Å². The van der Waals surface area contributed by atoms with Crippen molar-refractivity contribution < 1.29 is 18.4 Å². The predicted octanol–water partition coefficient (Wildman–Crippen LogP) is 3.34. The van der Waals surface area contributed by atoms with Crippen LogP contribution in [0.5, 0.6) is 0 Å². The zero-order chi connectivity index (χ0) is 19.3. The van der Waals surface area contributed by atoms with E-state index in [0.29, 0.717) is 11.3 Å². The summed E-state index contributed by atoms with van der Waals surface area (Å²) in [6.45, 7) is 3.42. The number of nitrogens with one attached hydrogen (secondary N) is 2. The van der Waals surface area contributed by atoms with E-state index in [1.54, 1.807) is 38.1 Å². The van der Waals surface area contributed by atoms with Crippen LogP contribution in [0.1, 0.15) is 29.8 Å². The van der Waals surface area contributed by atoms with E-state index in [2.05, 4.69) is 16.6 Å². The van der Waals surface area contributed by atoms with Crippen molar-refractivity contribution in [1.29, 1.82) is 0 Å². The second-order valence-electron chi connectivity index (χ2n) is 6.01. The molecule has 0 aromatic heterocycles. The molecule has 2 aromatic carbocycles. The fourth-order valence-corrected chi connectivity index (χ4v) is 2.37. The van der Waals surface area contributed by atoms with E-state index in [9.17, 15) is 18.4 Å². The summed E-state index contributed by atoms with van der Waals surface area (Å²) < 4.78 is 27.5. The first kappa shape index (κ1) is 19.1. The zero-order valence-electron chi connectivity index (χ0n) is 14.3. The first-order valence-corrected chi connectivity index (χ1v) is 7.96. The first-order chi connectivity index (χ1) is 12.3. The lowest BCUT2D eigenvalue weighted by Crippen LogP contribution is -2.47. The number of amides is 2. The predicted molar refractivity (Wildman–Crippen MR) is 95.5 cm³/mol. The Kier molecular flexibility index (Phi) is 6.07. The highest BCUT2D eigenvalue weighted by molar-refractivity contribution is 6.01. The van der Waals surface area contributed by atoms with Gasteiger partial charge in [-0.15, -0.1) is 6.42 Å². The lowest BCUT2D eigenvalue weighted by Gasteiger charge is -2.22. The highest BCUT2D eigenvalue weighted by Crippen LogP contribution is 2.15. The van der Waals surface area contributed by atoms with Crippen molar-refractivity contribution in [1.82, 2.24) is 5.32 Å². The number of rotatable bonds is 5. The van der Waals surface area contributed by atoms with Crippen molar-refractivity contribution in [2.24, 2.45) is 5.92 Å². The molecule has 0 aliphatic carbocycles. The van der Waals surface area contributed by atoms with Gasteiger partial charge in [-0.3, -0.25) is 9.59 Å². The Balaban J connectivity index is 2.19. The third kappa shape index (κ3) is 4.45. The van der Waals surface area contributed by atoms with Crippen LogP contribution in [-0.4, -0.2) is 17.9 Å². The lowest BCUT2D eigenvalue weighted by molar-refractivity contribution is -0.118. The fraction of sp³-hybridized carbons (Fsp3) is 0.200. The number of terminal acetylenes is 1. The number of hydrogen-bond donors (Lipinski definition) is 2. The molecule has 0 aliphatic rings. The second kappa shape index (κ2) is 8.26. The Hall–Kier alpha value is -3.20. The van der Waals surface area contributed by atoms with Crippen molar-refractivity contribution in [3.63, 3.8) is 0 Å². The molecule has 0 saturated heterocycles. The summed E-state index contributed by atoms with van der Waals surface area (Å²) in [5, 5.41) is 5.04. The quantitative estimate of drug-likeness (QED) is 0.808. The zero-order valence-corrected chi connectivity index (χ0v) is 14.3. The summed E-state index contributed by atoms with van der Waals surface area (Å²) in [7, 11) is 0. The smallest absolute Gasteiger partial charge is 0.257 e. The minimum absolute atomic E-state index is 0.315. The average Bonchev–Trinajstić information content (AvgIpc) is 2.59. The van der Waals surface area contributed by atoms with Gasteiger partial charge in [-0.25, -0.2) is 8.78 Å². The number of halogens is 2. The Morgan fingerprint density at radius 2 is 1.69 bits per heavy atom. The second-order valence-corrected chi connectivity index (χ2v) is 6.01. The number of anilines is 1. The molecule has 2 N–H and O–H groups in total. The maximum atomic E-state index is 13.8. The van der Waals surface area contributed by atoms with Gasteiger partial charge in [0.15, 0.2) is 0 Å². The van der Waals surface area contributed by atoms with Gasteiger partial charge in [0, 0.05) is 11.3 Å². The van der Waals surface area contributed by atoms with Crippen LogP contribution < -0.4 is 10.6 Å². The van der Waals surface area contributed by atoms with Crippen LogP contribution in [-0.2, 0) is 4.79 Å². The maximum Gasteiger partial charge on any atom is 0.257 e. The molecule has 134 valence electrons. The summed E-state index contributed by atoms with van der Waals surface area (Å²) in [4.78, 5) is 24.8. The van der Waals surface area contributed by atoms with Crippen molar-refractivity contribution in [2.75, 3.05) is 5.32 Å². The number of hydrogen-bond acceptors (Lipinski definition) is 2. The minimum Gasteiger partial charge on any atom is -0.340 e. The highest BCUT2D eigenvalue weighted by Gasteiger charge is 2.27. The largest absolute Gasteiger partial charge is 0.340 e. The van der Waals surface area contributed by atoms with Gasteiger partial charge in [-0.1, -0.05) is 31.9 Å². The molecule has 0 spiro atoms. The van der Waals surface area contributed by atoms with Gasteiger partial charge >= 0.3 is 0 Å². The summed E-state index contributed by atoms with van der Waals surface area (Å²) in [5.74, 6) is -1.36. The van der Waals surface area contributed by atoms with E-state index >= 15 is 0 Å². The molecule has 2 aromatic rings. The lowest BCUT2D eigenvalue weighted by atomic mass is 10.0. The molecule has 4 nitrogen and oxygen atoms in total. The topological polar surface area (TPSA) is 58.2 Å². The van der Waals surface area contributed by atoms with Gasteiger partial charge in [-0.05, 0) is 36.2 Å². The third-order valence-electron chi connectivity index (χ3n) is 3.72. The molecule has 6 heteroatoms. The Bertz CT molecular complexity index is 852. The van der Waals surface area contributed by atoms with Crippen LogP contribution in [0, 0.1) is 29.9 Å². The Morgan fingerprint density at radius 3 is 2.27 bits per heavy atom. The van der Waals surface area contributed by atoms with E-state index in [1.807, 2.05) is 0 Å². The SMILES string of the molecule is C#Cc1cccc(NC(=O)C(NC(=O)c2c(F)cccc2F)C(C)C)c1. The average molecular weight is 356 g/mol. The van der Waals surface area contributed by atoms with Gasteiger partial charge < -0.3 is 10.6 Å². The normalized spacial score (nSPS) is 11.5. The molecular formula is C20H18F2N2O2. The molecule has 0 bridgehead atoms.